The summed E-state index contributed by atoms with van der Waals surface area (Å²) in [6.07, 6.45) is 19.0. The lowest BCUT2D eigenvalue weighted by Crippen LogP contribution is -2.61. The maximum absolute atomic E-state index is 13.2. The van der Waals surface area contributed by atoms with Crippen LogP contribution in [-0.2, 0) is 25.5 Å². The van der Waals surface area contributed by atoms with Crippen LogP contribution in [0.2, 0.25) is 0 Å². The second kappa shape index (κ2) is 23.1. The predicted octanol–water partition coefficient (Wildman–Crippen LogP) is 12.9. The zero-order valence-electron chi connectivity index (χ0n) is 38.7. The van der Waals surface area contributed by atoms with Gasteiger partial charge in [-0.25, -0.2) is 0 Å². The first-order valence-corrected chi connectivity index (χ1v) is 22.7. The normalized spacial score (nSPS) is 31.7. The Balaban J connectivity index is 0.00000161. The van der Waals surface area contributed by atoms with Crippen LogP contribution in [0.5, 0.6) is 5.75 Å². The molecule has 4 aliphatic carbocycles. The van der Waals surface area contributed by atoms with E-state index in [9.17, 15) is 14.7 Å². The lowest BCUT2D eigenvalue weighted by molar-refractivity contribution is -0.210. The minimum absolute atomic E-state index is 0.0874. The molecule has 1 aromatic carbocycles. The molecule has 0 spiro atoms. The number of nitrogens with two attached hydrogens (primary N) is 1. The largest absolute Gasteiger partial charge is 0.497 e. The van der Waals surface area contributed by atoms with Gasteiger partial charge in [-0.3, -0.25) is 14.4 Å². The van der Waals surface area contributed by atoms with Crippen LogP contribution < -0.4 is 10.5 Å². The predicted molar refractivity (Wildman–Crippen MR) is 234 cm³/mol. The number of amides is 1. The van der Waals surface area contributed by atoms with Crippen molar-refractivity contribution in [2.75, 3.05) is 7.11 Å². The first kappa shape index (κ1) is 51.4. The second-order valence-corrected chi connectivity index (χ2v) is 18.5. The fourth-order valence-corrected chi connectivity index (χ4v) is 11.9. The molecule has 4 fully saturated rings. The van der Waals surface area contributed by atoms with Gasteiger partial charge in [-0.05, 0) is 142 Å². The van der Waals surface area contributed by atoms with Crippen molar-refractivity contribution in [3.8, 4) is 5.75 Å². The third-order valence-corrected chi connectivity index (χ3v) is 15.0. The van der Waals surface area contributed by atoms with E-state index in [0.717, 1.165) is 36.8 Å². The first-order chi connectivity index (χ1) is 26.5. The third kappa shape index (κ3) is 11.8. The number of aryl methyl sites for hydroxylation is 1. The van der Waals surface area contributed by atoms with E-state index in [-0.39, 0.29) is 41.1 Å². The highest BCUT2D eigenvalue weighted by atomic mass is 16.5. The molecule has 3 N–H and O–H groups in total. The highest BCUT2D eigenvalue weighted by Crippen LogP contribution is 2.72. The molecule has 0 aromatic heterocycles. The van der Waals surface area contributed by atoms with E-state index in [1.54, 1.807) is 21.0 Å². The number of methoxy groups -OCH3 is 1. The van der Waals surface area contributed by atoms with E-state index in [1.165, 1.54) is 82.6 Å². The summed E-state index contributed by atoms with van der Waals surface area (Å²) in [6.45, 7) is 27.8. The van der Waals surface area contributed by atoms with Gasteiger partial charge in [0.15, 0.2) is 0 Å². The Bertz CT molecular complexity index is 1310. The van der Waals surface area contributed by atoms with Gasteiger partial charge in [-0.15, -0.1) is 0 Å². The molecule has 1 aromatic rings. The number of benzene rings is 1. The van der Waals surface area contributed by atoms with Crippen molar-refractivity contribution in [1.82, 2.24) is 0 Å². The van der Waals surface area contributed by atoms with Crippen molar-refractivity contribution in [3.63, 3.8) is 0 Å². The summed E-state index contributed by atoms with van der Waals surface area (Å²) >= 11 is 0. The van der Waals surface area contributed by atoms with Crippen molar-refractivity contribution < 1.29 is 29.0 Å². The highest BCUT2D eigenvalue weighted by Gasteiger charge is 2.65. The van der Waals surface area contributed by atoms with Crippen LogP contribution in [0.3, 0.4) is 0 Å². The van der Waals surface area contributed by atoms with Gasteiger partial charge in [0.05, 0.1) is 18.9 Å². The van der Waals surface area contributed by atoms with Crippen LogP contribution in [0.15, 0.2) is 24.3 Å². The maximum Gasteiger partial charge on any atom is 0.309 e. The van der Waals surface area contributed by atoms with Gasteiger partial charge < -0.3 is 20.3 Å². The van der Waals surface area contributed by atoms with Gasteiger partial charge >= 0.3 is 11.9 Å². The fourth-order valence-electron chi connectivity index (χ4n) is 11.9. The second-order valence-electron chi connectivity index (χ2n) is 18.5. The molecule has 0 saturated heterocycles. The number of primary amides is 1. The zero-order valence-corrected chi connectivity index (χ0v) is 38.7. The molecular weight excluding hydrogens is 699 g/mol. The van der Waals surface area contributed by atoms with Crippen LogP contribution >= 0.6 is 0 Å². The Morgan fingerprint density at radius 3 is 1.98 bits per heavy atom. The van der Waals surface area contributed by atoms with Crippen molar-refractivity contribution >= 4 is 18.3 Å². The monoisotopic (exact) mass is 786 g/mol. The molecule has 0 heterocycles. The summed E-state index contributed by atoms with van der Waals surface area (Å²) in [6, 6.07) is 8.69. The lowest BCUT2D eigenvalue weighted by Gasteiger charge is -2.67. The third-order valence-electron chi connectivity index (χ3n) is 15.0. The number of hydrogen-bond acceptors (Lipinski definition) is 5. The average Bonchev–Trinajstić information content (AvgIpc) is 3.60. The molecule has 7 heteroatoms. The zero-order chi connectivity index (χ0) is 43.0. The van der Waals surface area contributed by atoms with Gasteiger partial charge in [-0.2, -0.15) is 0 Å². The van der Waals surface area contributed by atoms with Crippen LogP contribution in [0.1, 0.15) is 192 Å². The van der Waals surface area contributed by atoms with Gasteiger partial charge in [0.25, 0.3) is 0 Å². The summed E-state index contributed by atoms with van der Waals surface area (Å²) in [5, 5.41) is 9.65. The number of carboxylic acid groups (broad SMARTS) is 1. The SMILES string of the molecule is CC.CC.CC.COc1ccc(CCCC23CCCC2C2CCCC(C)CCC4C(C)(C)C(OC(=O)CC(C)(C)C(=O)O)CCC4(C)[C@]2(C)CC3)cc1.NC=O. The van der Waals surface area contributed by atoms with Crippen LogP contribution in [0.25, 0.3) is 0 Å². The van der Waals surface area contributed by atoms with Crippen molar-refractivity contribution in [2.45, 2.75) is 199 Å². The Labute approximate surface area is 344 Å². The van der Waals surface area contributed by atoms with E-state index in [4.69, 9.17) is 14.3 Å². The first-order valence-electron chi connectivity index (χ1n) is 22.7. The number of carboxylic acids is 1. The molecule has 7 nitrogen and oxygen atoms in total. The van der Waals surface area contributed by atoms with Crippen molar-refractivity contribution in [3.05, 3.63) is 29.8 Å². The van der Waals surface area contributed by atoms with E-state index >= 15 is 0 Å². The number of carbonyl (C=O) groups is 3. The molecule has 0 radical (unpaired) electrons. The number of hydrogen-bond donors (Lipinski definition) is 2. The summed E-state index contributed by atoms with van der Waals surface area (Å²) in [5.74, 6) is 2.33. The lowest BCUT2D eigenvalue weighted by atomic mass is 9.38. The Kier molecular flexibility index (Phi) is 21.3. The summed E-state index contributed by atoms with van der Waals surface area (Å²) in [5.41, 5.74) is 5.19. The van der Waals surface area contributed by atoms with Crippen molar-refractivity contribution in [1.29, 1.82) is 0 Å². The summed E-state index contributed by atoms with van der Waals surface area (Å²) < 4.78 is 11.7. The average molecular weight is 786 g/mol. The molecular formula is C49H87NO6. The number of aliphatic carboxylic acids is 1. The van der Waals surface area contributed by atoms with E-state index in [0.29, 0.717) is 17.3 Å². The number of carbonyl (C=O) groups excluding carboxylic acids is 2. The van der Waals surface area contributed by atoms with Crippen LogP contribution in [0.4, 0.5) is 0 Å². The molecule has 324 valence electrons. The van der Waals surface area contributed by atoms with E-state index in [1.807, 2.05) is 41.5 Å². The minimum atomic E-state index is -1.12. The van der Waals surface area contributed by atoms with E-state index in [2.05, 4.69) is 64.6 Å². The topological polar surface area (TPSA) is 116 Å². The Hall–Kier alpha value is -2.57. The molecule has 8 atom stereocenters. The molecule has 1 amide bonds. The molecule has 0 bridgehead atoms. The quantitative estimate of drug-likeness (QED) is 0.190. The van der Waals surface area contributed by atoms with Gasteiger partial charge in [0, 0.05) is 5.41 Å². The minimum Gasteiger partial charge on any atom is -0.497 e. The Morgan fingerprint density at radius 1 is 0.821 bits per heavy atom. The number of fused-ring (bicyclic) bond motifs is 5. The number of rotatable bonds is 9. The molecule has 7 unspecified atom stereocenters. The van der Waals surface area contributed by atoms with Crippen molar-refractivity contribution in [2.24, 2.45) is 56.5 Å². The molecule has 4 aliphatic rings. The molecule has 5 rings (SSSR count). The highest BCUT2D eigenvalue weighted by molar-refractivity contribution is 5.81. The maximum atomic E-state index is 13.2. The molecule has 0 aliphatic heterocycles. The van der Waals surface area contributed by atoms with Gasteiger partial charge in [-0.1, -0.05) is 114 Å². The van der Waals surface area contributed by atoms with Gasteiger partial charge in [0.1, 0.15) is 11.9 Å². The smallest absolute Gasteiger partial charge is 0.309 e. The standard InChI is InChI=1S/C42H66O5.3C2H6.CH3NO/c1-29-12-9-14-32-33-15-11-24-42(33,23-10-13-30-17-19-31(46-8)20-18-30)27-26-40(32,6)41(7)25-22-35(39(4,5)34(41)21-16-29)47-36(43)28-38(2,3)37(44)45;3*1-2;2-1-3/h17-20,29,32-35H,9-16,21-28H2,1-8H3,(H,44,45);3*1-2H3;1H,(H2,2,3)/t29?,32?,33?,34?,35?,40-,41?,42?;;;;/m1..../s1. The van der Waals surface area contributed by atoms with Crippen LogP contribution in [0, 0.1) is 50.7 Å². The number of esters is 1. The Morgan fingerprint density at radius 2 is 1.41 bits per heavy atom. The summed E-state index contributed by atoms with van der Waals surface area (Å²) in [7, 11) is 1.74. The molecule has 4 saturated carbocycles. The molecule has 56 heavy (non-hydrogen) atoms. The summed E-state index contributed by atoms with van der Waals surface area (Å²) in [4.78, 5) is 33.6. The van der Waals surface area contributed by atoms with Gasteiger partial charge in [0.2, 0.25) is 6.41 Å². The van der Waals surface area contributed by atoms with E-state index < -0.39 is 11.4 Å². The fraction of sp³-hybridized carbons (Fsp3) is 0.816. The van der Waals surface area contributed by atoms with Crippen LogP contribution in [-0.4, -0.2) is 36.7 Å². The number of ether oxygens (including phenoxy) is 2.